The SMILES string of the molecule is CN(CC1CCCN(C(=O)CCn2cnc3sc4c(c3c2=O)CCCC4)C1)C(=O)OC(C)(C)C. The molecule has 2 aromatic rings. The van der Waals surface area contributed by atoms with Gasteiger partial charge in [0.1, 0.15) is 10.4 Å². The van der Waals surface area contributed by atoms with Gasteiger partial charge < -0.3 is 14.5 Å². The van der Waals surface area contributed by atoms with E-state index in [1.54, 1.807) is 34.2 Å². The lowest BCUT2D eigenvalue weighted by molar-refractivity contribution is -0.133. The van der Waals surface area contributed by atoms with E-state index in [0.717, 1.165) is 48.9 Å². The van der Waals surface area contributed by atoms with Crippen LogP contribution in [0.25, 0.3) is 10.2 Å². The zero-order valence-corrected chi connectivity index (χ0v) is 21.6. The number of aryl methyl sites for hydroxylation is 3. The Kier molecular flexibility index (Phi) is 7.31. The third-order valence-corrected chi connectivity index (χ3v) is 7.82. The van der Waals surface area contributed by atoms with Crippen molar-refractivity contribution in [2.75, 3.05) is 26.7 Å². The Bertz CT molecular complexity index is 1120. The van der Waals surface area contributed by atoms with Gasteiger partial charge in [-0.05, 0) is 70.8 Å². The molecular weight excluding hydrogens is 452 g/mol. The van der Waals surface area contributed by atoms with Gasteiger partial charge in [0.2, 0.25) is 5.91 Å². The number of carbonyl (C=O) groups excluding carboxylic acids is 2. The van der Waals surface area contributed by atoms with Crippen molar-refractivity contribution >= 4 is 33.6 Å². The fourth-order valence-corrected chi connectivity index (χ4v) is 6.18. The number of ether oxygens (including phenoxy) is 1. The lowest BCUT2D eigenvalue weighted by Crippen LogP contribution is -2.45. The fourth-order valence-electron chi connectivity index (χ4n) is 4.96. The van der Waals surface area contributed by atoms with Gasteiger partial charge in [-0.25, -0.2) is 9.78 Å². The van der Waals surface area contributed by atoms with Crippen LogP contribution in [0.3, 0.4) is 0 Å². The molecule has 0 radical (unpaired) electrons. The molecule has 0 saturated carbocycles. The summed E-state index contributed by atoms with van der Waals surface area (Å²) in [6, 6.07) is 0. The number of thiophene rings is 1. The molecule has 8 nitrogen and oxygen atoms in total. The number of hydrogen-bond acceptors (Lipinski definition) is 6. The van der Waals surface area contributed by atoms with E-state index >= 15 is 0 Å². The summed E-state index contributed by atoms with van der Waals surface area (Å²) in [7, 11) is 1.74. The molecule has 0 spiro atoms. The summed E-state index contributed by atoms with van der Waals surface area (Å²) < 4.78 is 7.04. The minimum absolute atomic E-state index is 0.0206. The molecule has 1 fully saturated rings. The molecule has 2 aliphatic rings. The van der Waals surface area contributed by atoms with Gasteiger partial charge in [0, 0.05) is 44.5 Å². The number of piperidine rings is 1. The molecule has 1 unspecified atom stereocenters. The fraction of sp³-hybridized carbons (Fsp3) is 0.680. The highest BCUT2D eigenvalue weighted by molar-refractivity contribution is 7.18. The second kappa shape index (κ2) is 10.1. The number of likely N-dealkylation sites (tertiary alicyclic amines) is 1. The number of carbonyl (C=O) groups is 2. The van der Waals surface area contributed by atoms with Crippen molar-refractivity contribution in [1.82, 2.24) is 19.4 Å². The Balaban J connectivity index is 1.35. The number of fused-ring (bicyclic) bond motifs is 3. The molecule has 34 heavy (non-hydrogen) atoms. The van der Waals surface area contributed by atoms with Crippen LogP contribution in [0.2, 0.25) is 0 Å². The maximum atomic E-state index is 13.1. The minimum Gasteiger partial charge on any atom is -0.444 e. The molecule has 0 bridgehead atoms. The average molecular weight is 489 g/mol. The number of rotatable bonds is 5. The van der Waals surface area contributed by atoms with E-state index in [9.17, 15) is 14.4 Å². The van der Waals surface area contributed by atoms with Crippen LogP contribution >= 0.6 is 11.3 Å². The van der Waals surface area contributed by atoms with E-state index < -0.39 is 5.60 Å². The Hall–Kier alpha value is -2.42. The molecule has 1 atom stereocenters. The van der Waals surface area contributed by atoms with Crippen molar-refractivity contribution in [3.8, 4) is 0 Å². The second-order valence-corrected chi connectivity index (χ2v) is 11.7. The van der Waals surface area contributed by atoms with Crippen LogP contribution in [0.5, 0.6) is 0 Å². The third-order valence-electron chi connectivity index (χ3n) is 6.62. The van der Waals surface area contributed by atoms with Crippen LogP contribution in [0.4, 0.5) is 4.79 Å². The monoisotopic (exact) mass is 488 g/mol. The smallest absolute Gasteiger partial charge is 0.410 e. The van der Waals surface area contributed by atoms with E-state index in [1.165, 1.54) is 16.9 Å². The van der Waals surface area contributed by atoms with Crippen LogP contribution in [0.1, 0.15) is 63.3 Å². The number of aromatic nitrogens is 2. The first-order chi connectivity index (χ1) is 16.1. The Labute approximate surface area is 204 Å². The van der Waals surface area contributed by atoms with Crippen molar-refractivity contribution in [3.63, 3.8) is 0 Å². The zero-order valence-electron chi connectivity index (χ0n) is 20.8. The summed E-state index contributed by atoms with van der Waals surface area (Å²) in [6.45, 7) is 7.79. The highest BCUT2D eigenvalue weighted by atomic mass is 32.1. The summed E-state index contributed by atoms with van der Waals surface area (Å²) in [6.07, 6.45) is 7.68. The molecule has 1 aliphatic carbocycles. The topological polar surface area (TPSA) is 84.7 Å². The number of nitrogens with zero attached hydrogens (tertiary/aromatic N) is 4. The highest BCUT2D eigenvalue weighted by Crippen LogP contribution is 2.33. The lowest BCUT2D eigenvalue weighted by atomic mass is 9.97. The predicted molar refractivity (Wildman–Crippen MR) is 133 cm³/mol. The predicted octanol–water partition coefficient (Wildman–Crippen LogP) is 3.83. The molecule has 1 aliphatic heterocycles. The molecule has 3 heterocycles. The summed E-state index contributed by atoms with van der Waals surface area (Å²) in [4.78, 5) is 48.5. The normalized spacial score (nSPS) is 18.6. The van der Waals surface area contributed by atoms with Gasteiger partial charge in [-0.2, -0.15) is 0 Å². The lowest BCUT2D eigenvalue weighted by Gasteiger charge is -2.35. The molecule has 9 heteroatoms. The van der Waals surface area contributed by atoms with Crippen LogP contribution in [0, 0.1) is 5.92 Å². The summed E-state index contributed by atoms with van der Waals surface area (Å²) in [5.41, 5.74) is 0.628. The van der Waals surface area contributed by atoms with E-state index in [2.05, 4.69) is 4.98 Å². The number of amides is 2. The van der Waals surface area contributed by atoms with E-state index in [1.807, 2.05) is 25.7 Å². The maximum absolute atomic E-state index is 13.1. The molecule has 2 amide bonds. The van der Waals surface area contributed by atoms with Gasteiger partial charge in [0.15, 0.2) is 0 Å². The summed E-state index contributed by atoms with van der Waals surface area (Å²) in [5, 5.41) is 0.762. The number of hydrogen-bond donors (Lipinski definition) is 0. The zero-order chi connectivity index (χ0) is 24.5. The Morgan fingerprint density at radius 1 is 1.24 bits per heavy atom. The second-order valence-electron chi connectivity index (χ2n) is 10.6. The van der Waals surface area contributed by atoms with Crippen molar-refractivity contribution < 1.29 is 14.3 Å². The molecule has 1 saturated heterocycles. The Morgan fingerprint density at radius 2 is 2.00 bits per heavy atom. The van der Waals surface area contributed by atoms with Crippen molar-refractivity contribution in [2.45, 2.75) is 77.9 Å². The maximum Gasteiger partial charge on any atom is 0.410 e. The highest BCUT2D eigenvalue weighted by Gasteiger charge is 2.27. The van der Waals surface area contributed by atoms with Gasteiger partial charge in [0.05, 0.1) is 11.7 Å². The van der Waals surface area contributed by atoms with Crippen LogP contribution < -0.4 is 5.56 Å². The molecular formula is C25H36N4O4S. The summed E-state index contributed by atoms with van der Waals surface area (Å²) >= 11 is 1.64. The van der Waals surface area contributed by atoms with Crippen LogP contribution in [-0.4, -0.2) is 63.6 Å². The van der Waals surface area contributed by atoms with Crippen molar-refractivity contribution in [2.24, 2.45) is 5.92 Å². The molecule has 2 aromatic heterocycles. The van der Waals surface area contributed by atoms with Crippen LogP contribution in [0.15, 0.2) is 11.1 Å². The standard InChI is InChI=1S/C25H36N4O4S/c1-25(2,3)33-24(32)27(4)14-17-8-7-12-28(15-17)20(30)11-13-29-16-26-22-21(23(29)31)18-9-5-6-10-19(18)34-22/h16-17H,5-15H2,1-4H3. The van der Waals surface area contributed by atoms with Gasteiger partial charge in [0.25, 0.3) is 5.56 Å². The quantitative estimate of drug-likeness (QED) is 0.639. The average Bonchev–Trinajstić information content (AvgIpc) is 3.17. The van der Waals surface area contributed by atoms with Gasteiger partial charge in [-0.15, -0.1) is 11.3 Å². The minimum atomic E-state index is -0.530. The van der Waals surface area contributed by atoms with Crippen LogP contribution in [-0.2, 0) is 28.9 Å². The van der Waals surface area contributed by atoms with E-state index in [-0.39, 0.29) is 29.9 Å². The Morgan fingerprint density at radius 3 is 2.76 bits per heavy atom. The van der Waals surface area contributed by atoms with Gasteiger partial charge in [-0.1, -0.05) is 0 Å². The summed E-state index contributed by atoms with van der Waals surface area (Å²) in [5.74, 6) is 0.261. The van der Waals surface area contributed by atoms with Crippen molar-refractivity contribution in [3.05, 3.63) is 27.1 Å². The van der Waals surface area contributed by atoms with Gasteiger partial charge >= 0.3 is 6.09 Å². The first-order valence-electron chi connectivity index (χ1n) is 12.3. The first-order valence-corrected chi connectivity index (χ1v) is 13.2. The third kappa shape index (κ3) is 5.62. The van der Waals surface area contributed by atoms with Gasteiger partial charge in [-0.3, -0.25) is 14.2 Å². The van der Waals surface area contributed by atoms with E-state index in [0.29, 0.717) is 19.6 Å². The molecule has 0 aromatic carbocycles. The molecule has 0 N–H and O–H groups in total. The van der Waals surface area contributed by atoms with Crippen molar-refractivity contribution in [1.29, 1.82) is 0 Å². The van der Waals surface area contributed by atoms with E-state index in [4.69, 9.17) is 4.74 Å². The molecule has 186 valence electrons. The molecule has 4 rings (SSSR count). The largest absolute Gasteiger partial charge is 0.444 e. The first kappa shape index (κ1) is 24.7.